The average Bonchev–Trinajstić information content (AvgIpc) is 3.34. The fraction of sp³-hybridized carbons (Fsp3) is 0.919. The van der Waals surface area contributed by atoms with E-state index in [9.17, 15) is 14.4 Å². The molecule has 0 fully saturated rings. The summed E-state index contributed by atoms with van der Waals surface area (Å²) in [4.78, 5) is 38.0. The molecule has 0 aliphatic heterocycles. The Balaban J connectivity index is 4.02. The van der Waals surface area contributed by atoms with Gasteiger partial charge in [-0.1, -0.05) is 296 Å². The Kier molecular flexibility index (Phi) is 56.2. The van der Waals surface area contributed by atoms with E-state index in [0.29, 0.717) is 19.3 Å². The number of rotatable bonds is 57. The van der Waals surface area contributed by atoms with Crippen LogP contribution < -0.4 is 0 Å². The topological polar surface area (TPSA) is 78.9 Å². The number of hydrogen-bond donors (Lipinski definition) is 0. The van der Waals surface area contributed by atoms with Gasteiger partial charge in [0.25, 0.3) is 0 Å². The van der Waals surface area contributed by atoms with Gasteiger partial charge in [0.15, 0.2) is 6.10 Å². The molecule has 0 saturated heterocycles. The van der Waals surface area contributed by atoms with E-state index in [-0.39, 0.29) is 31.1 Å². The van der Waals surface area contributed by atoms with E-state index in [4.69, 9.17) is 14.2 Å². The van der Waals surface area contributed by atoms with Gasteiger partial charge in [-0.2, -0.15) is 0 Å². The third-order valence-electron chi connectivity index (χ3n) is 14.0. The quantitative estimate of drug-likeness (QED) is 0.0262. The maximum atomic E-state index is 12.8. The molecule has 0 saturated carbocycles. The van der Waals surface area contributed by atoms with Crippen molar-refractivity contribution in [2.24, 2.45) is 0 Å². The van der Waals surface area contributed by atoms with Gasteiger partial charge in [-0.15, -0.1) is 0 Å². The van der Waals surface area contributed by atoms with Crippen LogP contribution in [0.15, 0.2) is 12.2 Å². The Hall–Kier alpha value is -1.85. The SMILES string of the molecule is CCCCCCCCCC/C=C\CCCCCCCCCCCCCCCCCCCC(=O)OCC(COC(=O)CCCCCCCCCCCC)OC(=O)CCCCCCCCCCCCC. The van der Waals surface area contributed by atoms with Gasteiger partial charge >= 0.3 is 17.9 Å². The molecule has 68 heavy (non-hydrogen) atoms. The zero-order chi connectivity index (χ0) is 49.3. The van der Waals surface area contributed by atoms with E-state index in [1.54, 1.807) is 0 Å². The summed E-state index contributed by atoms with van der Waals surface area (Å²) in [6.07, 6.45) is 66.7. The third kappa shape index (κ3) is 55.1. The van der Waals surface area contributed by atoms with Crippen molar-refractivity contribution in [3.8, 4) is 0 Å². The number of esters is 3. The van der Waals surface area contributed by atoms with E-state index >= 15 is 0 Å². The number of hydrogen-bond acceptors (Lipinski definition) is 6. The van der Waals surface area contributed by atoms with Crippen LogP contribution in [0.4, 0.5) is 0 Å². The van der Waals surface area contributed by atoms with Crippen LogP contribution in [0, 0.1) is 0 Å². The van der Waals surface area contributed by atoms with Crippen molar-refractivity contribution in [1.29, 1.82) is 0 Å². The summed E-state index contributed by atoms with van der Waals surface area (Å²) in [5.74, 6) is -0.843. The van der Waals surface area contributed by atoms with Crippen molar-refractivity contribution in [3.63, 3.8) is 0 Å². The highest BCUT2D eigenvalue weighted by Gasteiger charge is 2.19. The van der Waals surface area contributed by atoms with Crippen molar-refractivity contribution >= 4 is 17.9 Å². The lowest BCUT2D eigenvalue weighted by Gasteiger charge is -2.18. The summed E-state index contributed by atoms with van der Waals surface area (Å²) in [7, 11) is 0. The number of carbonyl (C=O) groups excluding carboxylic acids is 3. The van der Waals surface area contributed by atoms with Crippen LogP contribution in [-0.2, 0) is 28.6 Å². The van der Waals surface area contributed by atoms with Crippen molar-refractivity contribution < 1.29 is 28.6 Å². The first-order chi connectivity index (χ1) is 33.5. The van der Waals surface area contributed by atoms with Gasteiger partial charge in [0, 0.05) is 19.3 Å². The van der Waals surface area contributed by atoms with Gasteiger partial charge in [-0.05, 0) is 44.9 Å². The van der Waals surface area contributed by atoms with Crippen LogP contribution in [0.25, 0.3) is 0 Å². The minimum absolute atomic E-state index is 0.0634. The van der Waals surface area contributed by atoms with Gasteiger partial charge < -0.3 is 14.2 Å². The van der Waals surface area contributed by atoms with Crippen molar-refractivity contribution in [2.45, 2.75) is 354 Å². The van der Waals surface area contributed by atoms with Crippen LogP contribution in [0.3, 0.4) is 0 Å². The fourth-order valence-corrected chi connectivity index (χ4v) is 9.38. The molecule has 402 valence electrons. The highest BCUT2D eigenvalue weighted by Crippen LogP contribution is 2.18. The molecule has 0 rings (SSSR count). The molecule has 0 aromatic carbocycles. The molecular weight excluding hydrogens is 841 g/mol. The lowest BCUT2D eigenvalue weighted by Crippen LogP contribution is -2.30. The zero-order valence-electron chi connectivity index (χ0n) is 46.2. The molecule has 1 atom stereocenters. The lowest BCUT2D eigenvalue weighted by molar-refractivity contribution is -0.167. The second kappa shape index (κ2) is 57.7. The zero-order valence-corrected chi connectivity index (χ0v) is 46.2. The molecule has 0 radical (unpaired) electrons. The fourth-order valence-electron chi connectivity index (χ4n) is 9.38. The van der Waals surface area contributed by atoms with Crippen molar-refractivity contribution in [2.75, 3.05) is 13.2 Å². The second-order valence-corrected chi connectivity index (χ2v) is 21.0. The summed E-state index contributed by atoms with van der Waals surface area (Å²) in [6, 6.07) is 0. The van der Waals surface area contributed by atoms with Gasteiger partial charge in [0.2, 0.25) is 0 Å². The molecule has 6 heteroatoms. The Morgan fingerprint density at radius 1 is 0.279 bits per heavy atom. The molecule has 0 heterocycles. The van der Waals surface area contributed by atoms with Crippen LogP contribution in [0.2, 0.25) is 0 Å². The van der Waals surface area contributed by atoms with Crippen molar-refractivity contribution in [3.05, 3.63) is 12.2 Å². The van der Waals surface area contributed by atoms with Crippen LogP contribution >= 0.6 is 0 Å². The molecule has 0 spiro atoms. The van der Waals surface area contributed by atoms with E-state index < -0.39 is 6.10 Å². The van der Waals surface area contributed by atoms with Gasteiger partial charge in [-0.3, -0.25) is 14.4 Å². The van der Waals surface area contributed by atoms with Gasteiger partial charge in [-0.25, -0.2) is 0 Å². The summed E-state index contributed by atoms with van der Waals surface area (Å²) < 4.78 is 16.8. The van der Waals surface area contributed by atoms with Gasteiger partial charge in [0.05, 0.1) is 0 Å². The summed E-state index contributed by atoms with van der Waals surface area (Å²) in [6.45, 7) is 6.67. The number of ether oxygens (including phenoxy) is 3. The highest BCUT2D eigenvalue weighted by molar-refractivity contribution is 5.71. The van der Waals surface area contributed by atoms with Crippen LogP contribution in [0.1, 0.15) is 348 Å². The predicted octanol–water partition coefficient (Wildman–Crippen LogP) is 20.5. The third-order valence-corrected chi connectivity index (χ3v) is 14.0. The molecule has 0 aromatic rings. The summed E-state index contributed by atoms with van der Waals surface area (Å²) in [5.41, 5.74) is 0. The van der Waals surface area contributed by atoms with Crippen LogP contribution in [0.5, 0.6) is 0 Å². The average molecular weight is 960 g/mol. The smallest absolute Gasteiger partial charge is 0.306 e. The lowest BCUT2D eigenvalue weighted by atomic mass is 10.0. The van der Waals surface area contributed by atoms with Crippen molar-refractivity contribution in [1.82, 2.24) is 0 Å². The normalized spacial score (nSPS) is 12.0. The first-order valence-electron chi connectivity index (χ1n) is 30.7. The Morgan fingerprint density at radius 2 is 0.485 bits per heavy atom. The molecule has 0 aliphatic carbocycles. The molecule has 1 unspecified atom stereocenters. The monoisotopic (exact) mass is 959 g/mol. The number of allylic oxidation sites excluding steroid dienone is 2. The molecule has 6 nitrogen and oxygen atoms in total. The Morgan fingerprint density at radius 3 is 0.735 bits per heavy atom. The molecule has 0 amide bonds. The highest BCUT2D eigenvalue weighted by atomic mass is 16.6. The van der Waals surface area contributed by atoms with E-state index in [2.05, 4.69) is 32.9 Å². The maximum Gasteiger partial charge on any atom is 0.306 e. The summed E-state index contributed by atoms with van der Waals surface area (Å²) >= 11 is 0. The number of unbranched alkanes of at least 4 members (excludes halogenated alkanes) is 44. The minimum atomic E-state index is -0.762. The van der Waals surface area contributed by atoms with E-state index in [1.165, 1.54) is 250 Å². The first kappa shape index (κ1) is 66.2. The summed E-state index contributed by atoms with van der Waals surface area (Å²) in [5, 5.41) is 0. The van der Waals surface area contributed by atoms with E-state index in [0.717, 1.165) is 57.8 Å². The maximum absolute atomic E-state index is 12.8. The predicted molar refractivity (Wildman–Crippen MR) is 293 cm³/mol. The second-order valence-electron chi connectivity index (χ2n) is 21.0. The first-order valence-corrected chi connectivity index (χ1v) is 30.7. The molecular formula is C62H118O6. The standard InChI is InChI=1S/C62H118O6/c1-4-7-10-13-16-19-22-23-24-25-26-27-28-29-30-31-32-33-34-35-36-37-38-39-41-43-46-49-52-55-61(64)67-58-59(57-66-60(63)54-51-48-45-42-21-18-15-12-9-6-3)68-62(65)56-53-50-47-44-40-20-17-14-11-8-5-2/h25-26,59H,4-24,27-58H2,1-3H3/b26-25-. The largest absolute Gasteiger partial charge is 0.462 e. The Labute approximate surface area is 424 Å². The van der Waals surface area contributed by atoms with E-state index in [1.807, 2.05) is 0 Å². The molecule has 0 bridgehead atoms. The van der Waals surface area contributed by atoms with Gasteiger partial charge in [0.1, 0.15) is 13.2 Å². The minimum Gasteiger partial charge on any atom is -0.462 e. The number of carbonyl (C=O) groups is 3. The Bertz CT molecular complexity index is 1060. The molecule has 0 aromatic heterocycles. The molecule has 0 N–H and O–H groups in total. The molecule has 0 aliphatic rings. The van der Waals surface area contributed by atoms with Crippen LogP contribution in [-0.4, -0.2) is 37.2 Å².